The first-order valence-corrected chi connectivity index (χ1v) is 6.47. The third-order valence-corrected chi connectivity index (χ3v) is 3.24. The van der Waals surface area contributed by atoms with E-state index in [1.165, 1.54) is 0 Å². The molecule has 1 aliphatic heterocycles. The standard InChI is InChI=1S/C12H20N4O2.ClH/c1-8-10(4-3-7-13-8)15-11(17)5-6-12-14-9(2)16-18-12;/h8,10,13H,3-7H2,1-2H3,(H,15,17);1H. The summed E-state index contributed by atoms with van der Waals surface area (Å²) >= 11 is 0. The summed E-state index contributed by atoms with van der Waals surface area (Å²) in [7, 11) is 0. The van der Waals surface area contributed by atoms with Gasteiger partial charge in [0.1, 0.15) is 0 Å². The van der Waals surface area contributed by atoms with Crippen LogP contribution in [-0.2, 0) is 11.2 Å². The topological polar surface area (TPSA) is 80.0 Å². The van der Waals surface area contributed by atoms with Gasteiger partial charge < -0.3 is 15.2 Å². The summed E-state index contributed by atoms with van der Waals surface area (Å²) in [4.78, 5) is 15.9. The number of halogens is 1. The molecule has 1 amide bonds. The molecular weight excluding hydrogens is 268 g/mol. The van der Waals surface area contributed by atoms with Crippen LogP contribution in [0, 0.1) is 6.92 Å². The van der Waals surface area contributed by atoms with Crippen LogP contribution < -0.4 is 10.6 Å². The molecule has 0 aromatic carbocycles. The van der Waals surface area contributed by atoms with Gasteiger partial charge in [-0.05, 0) is 33.2 Å². The molecule has 19 heavy (non-hydrogen) atoms. The predicted molar refractivity (Wildman–Crippen MR) is 73.2 cm³/mol. The van der Waals surface area contributed by atoms with E-state index < -0.39 is 0 Å². The zero-order valence-electron chi connectivity index (χ0n) is 11.3. The molecule has 1 fully saturated rings. The number of carbonyl (C=O) groups is 1. The summed E-state index contributed by atoms with van der Waals surface area (Å²) in [6.45, 7) is 4.91. The number of aryl methyl sites for hydroxylation is 2. The van der Waals surface area contributed by atoms with Crippen LogP contribution in [0.2, 0.25) is 0 Å². The molecule has 0 bridgehead atoms. The molecule has 0 aliphatic carbocycles. The first kappa shape index (κ1) is 15.9. The van der Waals surface area contributed by atoms with Crippen molar-refractivity contribution in [3.8, 4) is 0 Å². The largest absolute Gasteiger partial charge is 0.352 e. The molecule has 6 nitrogen and oxygen atoms in total. The van der Waals surface area contributed by atoms with Crippen LogP contribution in [0.4, 0.5) is 0 Å². The molecule has 2 rings (SSSR count). The molecule has 2 unspecified atom stereocenters. The first-order chi connectivity index (χ1) is 8.65. The number of piperidine rings is 1. The van der Waals surface area contributed by atoms with Crippen molar-refractivity contribution in [3.05, 3.63) is 11.7 Å². The first-order valence-electron chi connectivity index (χ1n) is 6.47. The Morgan fingerprint density at radius 2 is 2.37 bits per heavy atom. The summed E-state index contributed by atoms with van der Waals surface area (Å²) < 4.78 is 4.97. The van der Waals surface area contributed by atoms with Gasteiger partial charge in [-0.25, -0.2) is 0 Å². The Balaban J connectivity index is 0.00000180. The van der Waals surface area contributed by atoms with E-state index in [9.17, 15) is 4.79 Å². The second kappa shape index (κ2) is 7.45. The maximum Gasteiger partial charge on any atom is 0.227 e. The fraction of sp³-hybridized carbons (Fsp3) is 0.750. The van der Waals surface area contributed by atoms with Crippen molar-refractivity contribution in [2.45, 2.75) is 51.6 Å². The number of nitrogens with zero attached hydrogens (tertiary/aromatic N) is 2. The number of carbonyl (C=O) groups excluding carboxylic acids is 1. The lowest BCUT2D eigenvalue weighted by molar-refractivity contribution is -0.122. The molecule has 1 aliphatic rings. The smallest absolute Gasteiger partial charge is 0.227 e. The zero-order valence-corrected chi connectivity index (χ0v) is 12.1. The van der Waals surface area contributed by atoms with E-state index in [4.69, 9.17) is 4.52 Å². The Morgan fingerprint density at radius 3 is 3.00 bits per heavy atom. The molecule has 1 saturated heterocycles. The predicted octanol–water partition coefficient (Wildman–Crippen LogP) is 0.989. The van der Waals surface area contributed by atoms with Crippen molar-refractivity contribution in [2.24, 2.45) is 0 Å². The highest BCUT2D eigenvalue weighted by Gasteiger charge is 2.22. The van der Waals surface area contributed by atoms with Crippen LogP contribution in [-0.4, -0.2) is 34.7 Å². The summed E-state index contributed by atoms with van der Waals surface area (Å²) in [6.07, 6.45) is 3.05. The van der Waals surface area contributed by atoms with Crippen molar-refractivity contribution in [1.82, 2.24) is 20.8 Å². The molecule has 2 heterocycles. The summed E-state index contributed by atoms with van der Waals surface area (Å²) in [5, 5.41) is 10.1. The molecule has 0 spiro atoms. The molecule has 108 valence electrons. The monoisotopic (exact) mass is 288 g/mol. The van der Waals surface area contributed by atoms with Crippen LogP contribution in [0.1, 0.15) is 37.9 Å². The van der Waals surface area contributed by atoms with E-state index in [-0.39, 0.29) is 24.4 Å². The number of nitrogens with one attached hydrogen (secondary N) is 2. The SMILES string of the molecule is Cc1noc(CCC(=O)NC2CCCNC2C)n1.Cl. The second-order valence-electron chi connectivity index (χ2n) is 4.79. The summed E-state index contributed by atoms with van der Waals surface area (Å²) in [5.74, 6) is 1.18. The van der Waals surface area contributed by atoms with Crippen LogP contribution >= 0.6 is 12.4 Å². The average Bonchev–Trinajstić information content (AvgIpc) is 2.76. The Hall–Kier alpha value is -1.14. The van der Waals surface area contributed by atoms with E-state index in [0.717, 1.165) is 19.4 Å². The Bertz CT molecular complexity index is 410. The fourth-order valence-electron chi connectivity index (χ4n) is 2.18. The molecular formula is C12H21ClN4O2. The van der Waals surface area contributed by atoms with Gasteiger partial charge in [0.05, 0.1) is 0 Å². The number of rotatable bonds is 4. The lowest BCUT2D eigenvalue weighted by atomic mass is 10.00. The van der Waals surface area contributed by atoms with Crippen LogP contribution in [0.25, 0.3) is 0 Å². The quantitative estimate of drug-likeness (QED) is 0.864. The molecule has 2 N–H and O–H groups in total. The number of aromatic nitrogens is 2. The minimum atomic E-state index is 0. The van der Waals surface area contributed by atoms with Gasteiger partial charge in [0.15, 0.2) is 5.82 Å². The van der Waals surface area contributed by atoms with Crippen LogP contribution in [0.15, 0.2) is 4.52 Å². The zero-order chi connectivity index (χ0) is 13.0. The molecule has 2 atom stereocenters. The number of hydrogen-bond donors (Lipinski definition) is 2. The van der Waals surface area contributed by atoms with Crippen molar-refractivity contribution < 1.29 is 9.32 Å². The maximum absolute atomic E-state index is 11.8. The lowest BCUT2D eigenvalue weighted by Crippen LogP contribution is -2.51. The van der Waals surface area contributed by atoms with Gasteiger partial charge in [0.25, 0.3) is 0 Å². The highest BCUT2D eigenvalue weighted by Crippen LogP contribution is 2.08. The summed E-state index contributed by atoms with van der Waals surface area (Å²) in [6, 6.07) is 0.573. The number of amides is 1. The van der Waals surface area contributed by atoms with E-state index in [1.54, 1.807) is 6.92 Å². The van der Waals surface area contributed by atoms with Gasteiger partial charge in [0.2, 0.25) is 11.8 Å². The normalized spacial score (nSPS) is 22.6. The average molecular weight is 289 g/mol. The second-order valence-corrected chi connectivity index (χ2v) is 4.79. The van der Waals surface area contributed by atoms with Gasteiger partial charge in [-0.3, -0.25) is 4.79 Å². The Morgan fingerprint density at radius 1 is 1.58 bits per heavy atom. The van der Waals surface area contributed by atoms with Gasteiger partial charge in [-0.15, -0.1) is 12.4 Å². The molecule has 1 aromatic heterocycles. The number of hydrogen-bond acceptors (Lipinski definition) is 5. The fourth-order valence-corrected chi connectivity index (χ4v) is 2.18. The third kappa shape index (κ3) is 4.80. The van der Waals surface area contributed by atoms with Gasteiger partial charge in [-0.1, -0.05) is 5.16 Å². The van der Waals surface area contributed by atoms with Crippen LogP contribution in [0.3, 0.4) is 0 Å². The van der Waals surface area contributed by atoms with Crippen molar-refractivity contribution in [3.63, 3.8) is 0 Å². The van der Waals surface area contributed by atoms with Crippen molar-refractivity contribution in [1.29, 1.82) is 0 Å². The van der Waals surface area contributed by atoms with E-state index in [1.807, 2.05) is 0 Å². The minimum absolute atomic E-state index is 0. The highest BCUT2D eigenvalue weighted by molar-refractivity contribution is 5.85. The highest BCUT2D eigenvalue weighted by atomic mass is 35.5. The molecule has 7 heteroatoms. The van der Waals surface area contributed by atoms with E-state index in [2.05, 4.69) is 27.7 Å². The minimum Gasteiger partial charge on any atom is -0.352 e. The third-order valence-electron chi connectivity index (χ3n) is 3.24. The Kier molecular flexibility index (Phi) is 6.24. The van der Waals surface area contributed by atoms with E-state index >= 15 is 0 Å². The molecule has 1 aromatic rings. The Labute approximate surface area is 119 Å². The van der Waals surface area contributed by atoms with Gasteiger partial charge >= 0.3 is 0 Å². The van der Waals surface area contributed by atoms with Crippen LogP contribution in [0.5, 0.6) is 0 Å². The molecule has 0 radical (unpaired) electrons. The van der Waals surface area contributed by atoms with E-state index in [0.29, 0.717) is 30.6 Å². The molecule has 0 saturated carbocycles. The van der Waals surface area contributed by atoms with Gasteiger partial charge in [-0.2, -0.15) is 4.98 Å². The van der Waals surface area contributed by atoms with Crippen molar-refractivity contribution >= 4 is 18.3 Å². The summed E-state index contributed by atoms with van der Waals surface area (Å²) in [5.41, 5.74) is 0. The van der Waals surface area contributed by atoms with Gasteiger partial charge in [0, 0.05) is 24.9 Å². The van der Waals surface area contributed by atoms with Crippen molar-refractivity contribution in [2.75, 3.05) is 6.54 Å². The lowest BCUT2D eigenvalue weighted by Gasteiger charge is -2.30. The maximum atomic E-state index is 11.8.